The highest BCUT2D eigenvalue weighted by molar-refractivity contribution is 5.91. The molecule has 0 radical (unpaired) electrons. The van der Waals surface area contributed by atoms with Gasteiger partial charge in [-0.15, -0.1) is 0 Å². The number of nitrogens with one attached hydrogen (secondary N) is 1. The van der Waals surface area contributed by atoms with Gasteiger partial charge in [-0.1, -0.05) is 6.07 Å². The van der Waals surface area contributed by atoms with Crippen molar-refractivity contribution in [3.63, 3.8) is 0 Å². The zero-order chi connectivity index (χ0) is 16.4. The summed E-state index contributed by atoms with van der Waals surface area (Å²) in [5, 5.41) is 10.4. The van der Waals surface area contributed by atoms with E-state index in [2.05, 4.69) is 25.2 Å². The number of benzene rings is 1. The molecule has 3 heterocycles. The number of carbonyl (C=O) groups is 1. The number of aromatic nitrogens is 2. The number of fused-ring (bicyclic) bond motifs is 1. The van der Waals surface area contributed by atoms with Gasteiger partial charge in [0.05, 0.1) is 6.54 Å². The Labute approximate surface area is 138 Å². The summed E-state index contributed by atoms with van der Waals surface area (Å²) in [6.45, 7) is 3.36. The van der Waals surface area contributed by atoms with E-state index in [9.17, 15) is 4.79 Å². The summed E-state index contributed by atoms with van der Waals surface area (Å²) in [5.41, 5.74) is 2.30. The van der Waals surface area contributed by atoms with Crippen LogP contribution in [-0.2, 0) is 13.1 Å². The molecule has 0 saturated carbocycles. The molecule has 124 valence electrons. The highest BCUT2D eigenvalue weighted by Gasteiger charge is 2.16. The van der Waals surface area contributed by atoms with Crippen molar-refractivity contribution in [2.45, 2.75) is 25.9 Å². The van der Waals surface area contributed by atoms with Crippen LogP contribution < -0.4 is 5.32 Å². The standard InChI is InChI=1S/C17H18N4O3/c22-17(16-6-4-13(23-16)11-21-7-1-2-8-21)18-10-12-3-5-14-15(9-12)20-24-19-14/h3-6,9H,1-2,7-8,10-11H2,(H,18,22). The van der Waals surface area contributed by atoms with E-state index in [1.165, 1.54) is 12.8 Å². The summed E-state index contributed by atoms with van der Waals surface area (Å²) in [5.74, 6) is 0.951. The molecule has 1 amide bonds. The summed E-state index contributed by atoms with van der Waals surface area (Å²) in [6.07, 6.45) is 2.47. The van der Waals surface area contributed by atoms with Crippen LogP contribution in [0.25, 0.3) is 11.0 Å². The van der Waals surface area contributed by atoms with Crippen molar-refractivity contribution < 1.29 is 13.8 Å². The van der Waals surface area contributed by atoms with Crippen LogP contribution in [0, 0.1) is 0 Å². The summed E-state index contributed by atoms with van der Waals surface area (Å²) >= 11 is 0. The van der Waals surface area contributed by atoms with E-state index >= 15 is 0 Å². The van der Waals surface area contributed by atoms with E-state index in [0.29, 0.717) is 23.3 Å². The Morgan fingerprint density at radius 2 is 1.96 bits per heavy atom. The maximum atomic E-state index is 12.2. The van der Waals surface area contributed by atoms with Gasteiger partial charge in [0.25, 0.3) is 5.91 Å². The molecule has 1 aromatic carbocycles. The lowest BCUT2D eigenvalue weighted by molar-refractivity contribution is 0.0919. The molecule has 24 heavy (non-hydrogen) atoms. The molecule has 3 aromatic rings. The first-order valence-electron chi connectivity index (χ1n) is 8.08. The van der Waals surface area contributed by atoms with E-state index in [1.54, 1.807) is 6.07 Å². The third-order valence-electron chi connectivity index (χ3n) is 4.23. The van der Waals surface area contributed by atoms with E-state index in [4.69, 9.17) is 4.42 Å². The fraction of sp³-hybridized carbons (Fsp3) is 0.353. The van der Waals surface area contributed by atoms with E-state index in [0.717, 1.165) is 31.0 Å². The first-order valence-corrected chi connectivity index (χ1v) is 8.08. The lowest BCUT2D eigenvalue weighted by Gasteiger charge is -2.11. The monoisotopic (exact) mass is 326 g/mol. The first kappa shape index (κ1) is 14.9. The number of furan rings is 1. The minimum Gasteiger partial charge on any atom is -0.455 e. The molecule has 1 aliphatic heterocycles. The summed E-state index contributed by atoms with van der Waals surface area (Å²) in [4.78, 5) is 14.6. The maximum Gasteiger partial charge on any atom is 0.287 e. The zero-order valence-electron chi connectivity index (χ0n) is 13.2. The van der Waals surface area contributed by atoms with Crippen molar-refractivity contribution >= 4 is 16.9 Å². The molecular formula is C17H18N4O3. The molecule has 0 unspecified atom stereocenters. The number of likely N-dealkylation sites (tertiary alicyclic amines) is 1. The van der Waals surface area contributed by atoms with E-state index in [1.807, 2.05) is 24.3 Å². The average molecular weight is 326 g/mol. The van der Waals surface area contributed by atoms with Gasteiger partial charge in [0, 0.05) is 6.54 Å². The Kier molecular flexibility index (Phi) is 4.00. The molecule has 7 nitrogen and oxygen atoms in total. The first-order chi connectivity index (χ1) is 11.8. The lowest BCUT2D eigenvalue weighted by atomic mass is 10.2. The number of rotatable bonds is 5. The van der Waals surface area contributed by atoms with Gasteiger partial charge < -0.3 is 9.73 Å². The highest BCUT2D eigenvalue weighted by Crippen LogP contribution is 2.16. The van der Waals surface area contributed by atoms with Gasteiger partial charge in [-0.05, 0) is 66.1 Å². The summed E-state index contributed by atoms with van der Waals surface area (Å²) in [7, 11) is 0. The Balaban J connectivity index is 1.36. The molecule has 4 rings (SSSR count). The fourth-order valence-corrected chi connectivity index (χ4v) is 2.95. The Hall–Kier alpha value is -2.67. The minimum absolute atomic E-state index is 0.221. The molecular weight excluding hydrogens is 308 g/mol. The number of amides is 1. The second kappa shape index (κ2) is 6.45. The SMILES string of the molecule is O=C(NCc1ccc2nonc2c1)c1ccc(CN2CCCC2)o1. The Morgan fingerprint density at radius 3 is 2.83 bits per heavy atom. The van der Waals surface area contributed by atoms with Crippen molar-refractivity contribution in [3.8, 4) is 0 Å². The molecule has 0 atom stereocenters. The van der Waals surface area contributed by atoms with Crippen molar-refractivity contribution in [2.75, 3.05) is 13.1 Å². The highest BCUT2D eigenvalue weighted by atomic mass is 16.6. The van der Waals surface area contributed by atoms with Crippen LogP contribution in [0.2, 0.25) is 0 Å². The lowest BCUT2D eigenvalue weighted by Crippen LogP contribution is -2.22. The zero-order valence-corrected chi connectivity index (χ0v) is 13.2. The predicted molar refractivity (Wildman–Crippen MR) is 86.2 cm³/mol. The number of hydrogen-bond donors (Lipinski definition) is 1. The van der Waals surface area contributed by atoms with E-state index < -0.39 is 0 Å². The van der Waals surface area contributed by atoms with Gasteiger partial charge in [-0.3, -0.25) is 9.69 Å². The molecule has 1 aliphatic rings. The quantitative estimate of drug-likeness (QED) is 0.775. The van der Waals surface area contributed by atoms with Gasteiger partial charge in [-0.25, -0.2) is 4.63 Å². The van der Waals surface area contributed by atoms with Crippen LogP contribution in [0.15, 0.2) is 39.4 Å². The molecule has 0 spiro atoms. The number of hydrogen-bond acceptors (Lipinski definition) is 6. The smallest absolute Gasteiger partial charge is 0.287 e. The topological polar surface area (TPSA) is 84.4 Å². The van der Waals surface area contributed by atoms with Crippen molar-refractivity contribution in [1.29, 1.82) is 0 Å². The predicted octanol–water partition coefficient (Wildman–Crippen LogP) is 2.34. The van der Waals surface area contributed by atoms with Gasteiger partial charge in [0.1, 0.15) is 16.8 Å². The Bertz CT molecular complexity index is 848. The molecule has 2 aromatic heterocycles. The van der Waals surface area contributed by atoms with E-state index in [-0.39, 0.29) is 5.91 Å². The molecule has 1 N–H and O–H groups in total. The summed E-state index contributed by atoms with van der Waals surface area (Å²) in [6, 6.07) is 9.14. The third-order valence-corrected chi connectivity index (χ3v) is 4.23. The molecule has 0 bridgehead atoms. The molecule has 7 heteroatoms. The molecule has 1 fully saturated rings. The fourth-order valence-electron chi connectivity index (χ4n) is 2.95. The Morgan fingerprint density at radius 1 is 1.12 bits per heavy atom. The van der Waals surface area contributed by atoms with Crippen LogP contribution in [0.4, 0.5) is 0 Å². The number of nitrogens with zero attached hydrogens (tertiary/aromatic N) is 3. The second-order valence-corrected chi connectivity index (χ2v) is 6.02. The van der Waals surface area contributed by atoms with Crippen molar-refractivity contribution in [1.82, 2.24) is 20.5 Å². The van der Waals surface area contributed by atoms with Gasteiger partial charge >= 0.3 is 0 Å². The van der Waals surface area contributed by atoms with Crippen LogP contribution >= 0.6 is 0 Å². The van der Waals surface area contributed by atoms with Gasteiger partial charge in [0.15, 0.2) is 5.76 Å². The normalized spacial score (nSPS) is 15.2. The average Bonchev–Trinajstić information content (AvgIpc) is 3.34. The summed E-state index contributed by atoms with van der Waals surface area (Å²) < 4.78 is 10.3. The van der Waals surface area contributed by atoms with Gasteiger partial charge in [-0.2, -0.15) is 0 Å². The van der Waals surface area contributed by atoms with Crippen LogP contribution in [0.3, 0.4) is 0 Å². The van der Waals surface area contributed by atoms with Gasteiger partial charge in [0.2, 0.25) is 0 Å². The van der Waals surface area contributed by atoms with Crippen molar-refractivity contribution in [2.24, 2.45) is 0 Å². The third kappa shape index (κ3) is 3.16. The van der Waals surface area contributed by atoms with Crippen LogP contribution in [0.1, 0.15) is 34.7 Å². The largest absolute Gasteiger partial charge is 0.455 e. The van der Waals surface area contributed by atoms with Crippen molar-refractivity contribution in [3.05, 3.63) is 47.4 Å². The molecule has 0 aliphatic carbocycles. The number of carbonyl (C=O) groups excluding carboxylic acids is 1. The van der Waals surface area contributed by atoms with Crippen LogP contribution in [0.5, 0.6) is 0 Å². The molecule has 1 saturated heterocycles. The minimum atomic E-state index is -0.221. The maximum absolute atomic E-state index is 12.2. The second-order valence-electron chi connectivity index (χ2n) is 6.02. The van der Waals surface area contributed by atoms with Crippen LogP contribution in [-0.4, -0.2) is 34.2 Å².